The lowest BCUT2D eigenvalue weighted by Gasteiger charge is -2.21. The average molecular weight is 332 g/mol. The fourth-order valence-electron chi connectivity index (χ4n) is 2.06. The second-order valence-corrected chi connectivity index (χ2v) is 5.48. The molecule has 2 atom stereocenters. The third-order valence-corrected chi connectivity index (χ3v) is 3.82. The van der Waals surface area contributed by atoms with Crippen LogP contribution in [-0.2, 0) is 20.9 Å². The molecule has 2 N–H and O–H groups in total. The number of nitrogens with one attached hydrogen (secondary N) is 2. The Bertz CT molecular complexity index is 596. The summed E-state index contributed by atoms with van der Waals surface area (Å²) in [5.41, 5.74) is 1.29. The molecule has 0 bridgehead atoms. The van der Waals surface area contributed by atoms with Crippen molar-refractivity contribution >= 4 is 17.8 Å². The third-order valence-electron chi connectivity index (χ3n) is 3.82. The number of carbonyl (C=O) groups excluding carboxylic acids is 3. The van der Waals surface area contributed by atoms with Gasteiger partial charge < -0.3 is 15.4 Å². The van der Waals surface area contributed by atoms with Crippen molar-refractivity contribution in [2.75, 3.05) is 7.11 Å². The molecule has 2 amide bonds. The van der Waals surface area contributed by atoms with E-state index in [-0.39, 0.29) is 17.7 Å². The molecule has 0 saturated carbocycles. The van der Waals surface area contributed by atoms with E-state index in [1.165, 1.54) is 13.2 Å². The number of hydrogen-bond donors (Lipinski definition) is 2. The molecule has 1 rings (SSSR count). The number of rotatable bonds is 8. The molecule has 0 heterocycles. The zero-order valence-corrected chi connectivity index (χ0v) is 14.3. The minimum Gasteiger partial charge on any atom is -0.467 e. The third kappa shape index (κ3) is 5.53. The first-order valence-electron chi connectivity index (χ1n) is 7.80. The number of benzene rings is 1. The number of amides is 2. The summed E-state index contributed by atoms with van der Waals surface area (Å²) in [5.74, 6) is -1.09. The molecule has 24 heavy (non-hydrogen) atoms. The number of ether oxygens (including phenoxy) is 1. The Labute approximate surface area is 142 Å². The minimum absolute atomic E-state index is 0.0326. The van der Waals surface area contributed by atoms with Gasteiger partial charge in [-0.05, 0) is 29.7 Å². The van der Waals surface area contributed by atoms with Crippen LogP contribution in [-0.4, -0.2) is 30.9 Å². The molecule has 0 aliphatic heterocycles. The van der Waals surface area contributed by atoms with Crippen LogP contribution in [0.4, 0.5) is 0 Å². The second-order valence-electron chi connectivity index (χ2n) is 5.48. The second kappa shape index (κ2) is 9.50. The largest absolute Gasteiger partial charge is 0.467 e. The SMILES string of the molecule is C=CC(=O)NCc1ccc(C(=O)NC(C(=O)OC)C(C)CC)cc1. The highest BCUT2D eigenvalue weighted by atomic mass is 16.5. The molecule has 0 saturated heterocycles. The fourth-order valence-corrected chi connectivity index (χ4v) is 2.06. The molecule has 2 unspecified atom stereocenters. The van der Waals surface area contributed by atoms with Gasteiger partial charge in [-0.3, -0.25) is 9.59 Å². The maximum atomic E-state index is 12.3. The first-order chi connectivity index (χ1) is 11.4. The molecular formula is C18H24N2O4. The van der Waals surface area contributed by atoms with Gasteiger partial charge in [0.05, 0.1) is 7.11 Å². The normalized spacial score (nSPS) is 12.6. The van der Waals surface area contributed by atoms with Crippen LogP contribution in [0.2, 0.25) is 0 Å². The molecule has 0 spiro atoms. The van der Waals surface area contributed by atoms with Crippen LogP contribution in [0.1, 0.15) is 36.2 Å². The van der Waals surface area contributed by atoms with Crippen LogP contribution >= 0.6 is 0 Å². The van der Waals surface area contributed by atoms with Gasteiger partial charge >= 0.3 is 5.97 Å². The first kappa shape index (κ1) is 19.4. The molecule has 1 aromatic carbocycles. The molecule has 130 valence electrons. The van der Waals surface area contributed by atoms with E-state index < -0.39 is 12.0 Å². The number of methoxy groups -OCH3 is 1. The zero-order valence-electron chi connectivity index (χ0n) is 14.3. The van der Waals surface area contributed by atoms with Gasteiger partial charge in [0.1, 0.15) is 6.04 Å². The maximum absolute atomic E-state index is 12.3. The summed E-state index contributed by atoms with van der Waals surface area (Å²) in [5, 5.41) is 5.37. The highest BCUT2D eigenvalue weighted by Crippen LogP contribution is 2.11. The Kier molecular flexibility index (Phi) is 7.68. The molecule has 0 fully saturated rings. The van der Waals surface area contributed by atoms with E-state index in [9.17, 15) is 14.4 Å². The Balaban J connectivity index is 2.74. The monoisotopic (exact) mass is 332 g/mol. The van der Waals surface area contributed by atoms with Gasteiger partial charge in [0.25, 0.3) is 5.91 Å². The van der Waals surface area contributed by atoms with Crippen LogP contribution in [0.3, 0.4) is 0 Å². The highest BCUT2D eigenvalue weighted by Gasteiger charge is 2.26. The molecular weight excluding hydrogens is 308 g/mol. The molecule has 0 radical (unpaired) electrons. The Morgan fingerprint density at radius 1 is 1.25 bits per heavy atom. The van der Waals surface area contributed by atoms with Crippen LogP contribution < -0.4 is 10.6 Å². The standard InChI is InChI=1S/C18H24N2O4/c1-5-12(3)16(18(23)24-4)20-17(22)14-9-7-13(8-10-14)11-19-15(21)6-2/h6-10,12,16H,2,5,11H2,1,3-4H3,(H,19,21)(H,20,22). The number of esters is 1. The predicted octanol–water partition coefficient (Wildman–Crippen LogP) is 1.81. The summed E-state index contributed by atoms with van der Waals surface area (Å²) in [6.07, 6.45) is 1.94. The van der Waals surface area contributed by atoms with Crippen LogP contribution in [0, 0.1) is 5.92 Å². The van der Waals surface area contributed by atoms with Crippen molar-refractivity contribution in [2.24, 2.45) is 5.92 Å². The summed E-state index contributed by atoms with van der Waals surface area (Å²) in [7, 11) is 1.30. The van der Waals surface area contributed by atoms with E-state index in [2.05, 4.69) is 17.2 Å². The topological polar surface area (TPSA) is 84.5 Å². The lowest BCUT2D eigenvalue weighted by Crippen LogP contribution is -2.45. The van der Waals surface area contributed by atoms with E-state index in [0.717, 1.165) is 12.0 Å². The van der Waals surface area contributed by atoms with Crippen molar-refractivity contribution in [1.82, 2.24) is 10.6 Å². The Morgan fingerprint density at radius 2 is 1.88 bits per heavy atom. The lowest BCUT2D eigenvalue weighted by molar-refractivity contribution is -0.144. The van der Waals surface area contributed by atoms with E-state index in [4.69, 9.17) is 4.74 Å². The summed E-state index contributed by atoms with van der Waals surface area (Å²) >= 11 is 0. The molecule has 0 aliphatic carbocycles. The number of hydrogen-bond acceptors (Lipinski definition) is 4. The van der Waals surface area contributed by atoms with Crippen molar-refractivity contribution in [2.45, 2.75) is 32.9 Å². The zero-order chi connectivity index (χ0) is 18.1. The lowest BCUT2D eigenvalue weighted by atomic mass is 9.98. The van der Waals surface area contributed by atoms with Gasteiger partial charge in [0.2, 0.25) is 5.91 Å². The van der Waals surface area contributed by atoms with Crippen molar-refractivity contribution in [3.8, 4) is 0 Å². The average Bonchev–Trinajstić information content (AvgIpc) is 2.62. The van der Waals surface area contributed by atoms with E-state index in [1.54, 1.807) is 24.3 Å². The summed E-state index contributed by atoms with van der Waals surface area (Å²) in [4.78, 5) is 35.3. The first-order valence-corrected chi connectivity index (χ1v) is 7.80. The Hall–Kier alpha value is -2.63. The van der Waals surface area contributed by atoms with Crippen LogP contribution in [0.5, 0.6) is 0 Å². The molecule has 1 aromatic rings. The van der Waals surface area contributed by atoms with Gasteiger partial charge in [0, 0.05) is 12.1 Å². The number of carbonyl (C=O) groups is 3. The molecule has 6 heteroatoms. The predicted molar refractivity (Wildman–Crippen MR) is 91.2 cm³/mol. The van der Waals surface area contributed by atoms with Gasteiger partial charge in [-0.1, -0.05) is 39.0 Å². The quantitative estimate of drug-likeness (QED) is 0.562. The van der Waals surface area contributed by atoms with Gasteiger partial charge in [0.15, 0.2) is 0 Å². The highest BCUT2D eigenvalue weighted by molar-refractivity contribution is 5.96. The van der Waals surface area contributed by atoms with Crippen molar-refractivity contribution in [1.29, 1.82) is 0 Å². The summed E-state index contributed by atoms with van der Waals surface area (Å²) in [6, 6.07) is 6.11. The Morgan fingerprint density at radius 3 is 2.38 bits per heavy atom. The van der Waals surface area contributed by atoms with E-state index in [0.29, 0.717) is 12.1 Å². The van der Waals surface area contributed by atoms with Gasteiger partial charge in [-0.15, -0.1) is 0 Å². The van der Waals surface area contributed by atoms with E-state index in [1.807, 2.05) is 13.8 Å². The fraction of sp³-hybridized carbons (Fsp3) is 0.389. The molecule has 0 aromatic heterocycles. The summed E-state index contributed by atoms with van der Waals surface area (Å²) < 4.78 is 4.75. The van der Waals surface area contributed by atoms with Crippen molar-refractivity contribution in [3.63, 3.8) is 0 Å². The van der Waals surface area contributed by atoms with Gasteiger partial charge in [-0.2, -0.15) is 0 Å². The molecule has 6 nitrogen and oxygen atoms in total. The minimum atomic E-state index is -0.681. The van der Waals surface area contributed by atoms with Crippen molar-refractivity contribution in [3.05, 3.63) is 48.0 Å². The van der Waals surface area contributed by atoms with Crippen LogP contribution in [0.25, 0.3) is 0 Å². The van der Waals surface area contributed by atoms with Gasteiger partial charge in [-0.25, -0.2) is 4.79 Å². The maximum Gasteiger partial charge on any atom is 0.328 e. The summed E-state index contributed by atoms with van der Waals surface area (Å²) in [6.45, 7) is 7.55. The smallest absolute Gasteiger partial charge is 0.328 e. The van der Waals surface area contributed by atoms with Crippen molar-refractivity contribution < 1.29 is 19.1 Å². The molecule has 0 aliphatic rings. The van der Waals surface area contributed by atoms with Crippen LogP contribution in [0.15, 0.2) is 36.9 Å². The van der Waals surface area contributed by atoms with E-state index >= 15 is 0 Å².